The molecule has 0 saturated carbocycles. The Morgan fingerprint density at radius 1 is 1.24 bits per heavy atom. The summed E-state index contributed by atoms with van der Waals surface area (Å²) in [6, 6.07) is 14.2. The van der Waals surface area contributed by atoms with Crippen LogP contribution in [0, 0.1) is 0 Å². The Labute approximate surface area is 201 Å². The van der Waals surface area contributed by atoms with Crippen LogP contribution in [0.4, 0.5) is 0 Å². The van der Waals surface area contributed by atoms with Crippen molar-refractivity contribution in [3.63, 3.8) is 0 Å². The molecule has 0 bridgehead atoms. The smallest absolute Gasteiger partial charge is 0.338 e. The molecule has 0 amide bonds. The molecule has 0 N–H and O–H groups in total. The van der Waals surface area contributed by atoms with E-state index >= 15 is 0 Å². The van der Waals surface area contributed by atoms with Crippen LogP contribution in [0.15, 0.2) is 79.4 Å². The minimum absolute atomic E-state index is 0.244. The number of hydrogen-bond acceptors (Lipinski definition) is 7. The zero-order chi connectivity index (χ0) is 23.1. The topological polar surface area (TPSA) is 73.8 Å². The summed E-state index contributed by atoms with van der Waals surface area (Å²) in [5, 5.41) is 2.53. The normalized spacial score (nSPS) is 16.0. The Kier molecular flexibility index (Phi) is 5.65. The summed E-state index contributed by atoms with van der Waals surface area (Å²) in [5.41, 5.74) is 1.50. The minimum Gasteiger partial charge on any atom is -0.466 e. The third-order valence-electron chi connectivity index (χ3n) is 5.25. The maximum atomic E-state index is 13.5. The lowest BCUT2D eigenvalue weighted by Crippen LogP contribution is -2.39. The molecule has 1 unspecified atom stereocenters. The van der Waals surface area contributed by atoms with Crippen LogP contribution in [-0.4, -0.2) is 17.6 Å². The van der Waals surface area contributed by atoms with Gasteiger partial charge in [-0.2, -0.15) is 0 Å². The van der Waals surface area contributed by atoms with E-state index in [1.54, 1.807) is 29.7 Å². The largest absolute Gasteiger partial charge is 0.466 e. The SMILES string of the molecule is COC(=O)C1=C(C)N=c2sc(=Cc3ccc(-c4cccc(Cl)c4)o3)c(=O)n2C1c1cccs1. The zero-order valence-electron chi connectivity index (χ0n) is 17.6. The predicted octanol–water partition coefficient (Wildman–Crippen LogP) is 4.38. The minimum atomic E-state index is -0.588. The van der Waals surface area contributed by atoms with E-state index in [9.17, 15) is 9.59 Å². The molecule has 0 spiro atoms. The van der Waals surface area contributed by atoms with E-state index < -0.39 is 12.0 Å². The molecule has 5 rings (SSSR count). The molecule has 3 aromatic heterocycles. The van der Waals surface area contributed by atoms with E-state index in [-0.39, 0.29) is 5.56 Å². The predicted molar refractivity (Wildman–Crippen MR) is 129 cm³/mol. The van der Waals surface area contributed by atoms with E-state index in [1.807, 2.05) is 41.8 Å². The van der Waals surface area contributed by atoms with Crippen molar-refractivity contribution in [3.05, 3.63) is 101 Å². The maximum Gasteiger partial charge on any atom is 0.338 e. The summed E-state index contributed by atoms with van der Waals surface area (Å²) in [4.78, 5) is 32.0. The maximum absolute atomic E-state index is 13.5. The summed E-state index contributed by atoms with van der Waals surface area (Å²) < 4.78 is 13.0. The molecular weight excluding hydrogens is 480 g/mol. The van der Waals surface area contributed by atoms with Gasteiger partial charge in [0.05, 0.1) is 22.9 Å². The van der Waals surface area contributed by atoms with Crippen molar-refractivity contribution in [2.24, 2.45) is 4.99 Å². The molecule has 1 atom stereocenters. The summed E-state index contributed by atoms with van der Waals surface area (Å²) in [5.74, 6) is 0.685. The van der Waals surface area contributed by atoms with Crippen molar-refractivity contribution in [3.8, 4) is 11.3 Å². The van der Waals surface area contributed by atoms with E-state index in [0.717, 1.165) is 10.4 Å². The van der Waals surface area contributed by atoms with Crippen LogP contribution in [0.1, 0.15) is 23.6 Å². The number of thiophene rings is 1. The number of halogens is 1. The number of furan rings is 1. The fraction of sp³-hybridized carbons (Fsp3) is 0.125. The number of carbonyl (C=O) groups is 1. The number of rotatable bonds is 4. The Morgan fingerprint density at radius 3 is 2.82 bits per heavy atom. The van der Waals surface area contributed by atoms with Crippen molar-refractivity contribution in [2.45, 2.75) is 13.0 Å². The quantitative estimate of drug-likeness (QED) is 0.393. The molecule has 166 valence electrons. The molecular formula is C24H17ClN2O4S2. The molecule has 0 fully saturated rings. The summed E-state index contributed by atoms with van der Waals surface area (Å²) in [6.07, 6.45) is 1.69. The van der Waals surface area contributed by atoms with Gasteiger partial charge in [0, 0.05) is 21.5 Å². The van der Waals surface area contributed by atoms with Gasteiger partial charge < -0.3 is 9.15 Å². The van der Waals surface area contributed by atoms with Crippen LogP contribution in [0.3, 0.4) is 0 Å². The molecule has 1 aliphatic rings. The van der Waals surface area contributed by atoms with Crippen LogP contribution < -0.4 is 14.9 Å². The number of nitrogens with zero attached hydrogens (tertiary/aromatic N) is 2. The van der Waals surface area contributed by atoms with Gasteiger partial charge in [0.25, 0.3) is 5.56 Å². The lowest BCUT2D eigenvalue weighted by molar-refractivity contribution is -0.136. The van der Waals surface area contributed by atoms with Crippen LogP contribution in [-0.2, 0) is 9.53 Å². The average molecular weight is 497 g/mol. The fourth-order valence-corrected chi connectivity index (χ4v) is 5.81. The first-order valence-electron chi connectivity index (χ1n) is 9.96. The fourth-order valence-electron chi connectivity index (χ4n) is 3.77. The van der Waals surface area contributed by atoms with Crippen molar-refractivity contribution in [1.29, 1.82) is 0 Å². The molecule has 0 saturated heterocycles. The van der Waals surface area contributed by atoms with E-state index in [1.165, 1.54) is 29.8 Å². The number of aromatic nitrogens is 1. The van der Waals surface area contributed by atoms with Crippen LogP contribution in [0.2, 0.25) is 5.02 Å². The third kappa shape index (κ3) is 3.90. The number of allylic oxidation sites excluding steroid dienone is 1. The van der Waals surface area contributed by atoms with Crippen molar-refractivity contribution < 1.29 is 13.9 Å². The highest BCUT2D eigenvalue weighted by molar-refractivity contribution is 7.10. The summed E-state index contributed by atoms with van der Waals surface area (Å²) in [7, 11) is 1.33. The van der Waals surface area contributed by atoms with Gasteiger partial charge in [-0.1, -0.05) is 41.1 Å². The van der Waals surface area contributed by atoms with E-state index in [4.69, 9.17) is 20.8 Å². The van der Waals surface area contributed by atoms with E-state index in [2.05, 4.69) is 4.99 Å². The first kappa shape index (κ1) is 21.6. The van der Waals surface area contributed by atoms with Gasteiger partial charge in [0.1, 0.15) is 17.6 Å². The highest BCUT2D eigenvalue weighted by Gasteiger charge is 2.33. The Hall–Kier alpha value is -3.20. The van der Waals surface area contributed by atoms with Gasteiger partial charge in [-0.3, -0.25) is 9.36 Å². The molecule has 33 heavy (non-hydrogen) atoms. The first-order valence-corrected chi connectivity index (χ1v) is 12.0. The molecule has 1 aliphatic heterocycles. The number of benzene rings is 1. The number of hydrogen-bond donors (Lipinski definition) is 0. The highest BCUT2D eigenvalue weighted by atomic mass is 35.5. The lowest BCUT2D eigenvalue weighted by atomic mass is 10.0. The van der Waals surface area contributed by atoms with Gasteiger partial charge in [-0.25, -0.2) is 9.79 Å². The molecule has 9 heteroatoms. The Morgan fingerprint density at radius 2 is 2.09 bits per heavy atom. The number of fused-ring (bicyclic) bond motifs is 1. The van der Waals surface area contributed by atoms with Crippen molar-refractivity contribution >= 4 is 46.3 Å². The third-order valence-corrected chi connectivity index (χ3v) is 7.39. The van der Waals surface area contributed by atoms with E-state index in [0.29, 0.717) is 37.1 Å². The number of esters is 1. The van der Waals surface area contributed by atoms with Crippen LogP contribution in [0.5, 0.6) is 0 Å². The van der Waals surface area contributed by atoms with Crippen molar-refractivity contribution in [1.82, 2.24) is 4.57 Å². The monoisotopic (exact) mass is 496 g/mol. The van der Waals surface area contributed by atoms with Crippen LogP contribution >= 0.6 is 34.3 Å². The standard InChI is InChI=1S/C24H17ClN2O4S2/c1-13-20(23(29)30-2)21(18-7-4-10-32-18)27-22(28)19(33-24(27)26-13)12-16-8-9-17(31-16)14-5-3-6-15(25)11-14/h3-12,21H,1-2H3. The molecule has 4 aromatic rings. The van der Waals surface area contributed by atoms with Gasteiger partial charge in [0.15, 0.2) is 4.80 Å². The Bertz CT molecular complexity index is 1570. The number of thiazole rings is 1. The highest BCUT2D eigenvalue weighted by Crippen LogP contribution is 2.33. The second-order valence-corrected chi connectivity index (χ2v) is 9.73. The number of methoxy groups -OCH3 is 1. The number of carbonyl (C=O) groups excluding carboxylic acids is 1. The van der Waals surface area contributed by atoms with Gasteiger partial charge >= 0.3 is 5.97 Å². The summed E-state index contributed by atoms with van der Waals surface area (Å²) >= 11 is 8.81. The number of ether oxygens (including phenoxy) is 1. The first-order chi connectivity index (χ1) is 16.0. The molecule has 0 radical (unpaired) electrons. The molecule has 0 aliphatic carbocycles. The van der Waals surface area contributed by atoms with Gasteiger partial charge in [-0.05, 0) is 42.6 Å². The lowest BCUT2D eigenvalue weighted by Gasteiger charge is -2.22. The van der Waals surface area contributed by atoms with Gasteiger partial charge in [0.2, 0.25) is 0 Å². The van der Waals surface area contributed by atoms with Crippen molar-refractivity contribution in [2.75, 3.05) is 7.11 Å². The average Bonchev–Trinajstić information content (AvgIpc) is 3.55. The Balaban J connectivity index is 1.63. The molecule has 6 nitrogen and oxygen atoms in total. The molecule has 1 aromatic carbocycles. The second-order valence-electron chi connectivity index (χ2n) is 7.30. The second kappa shape index (κ2) is 8.62. The van der Waals surface area contributed by atoms with Crippen LogP contribution in [0.25, 0.3) is 17.4 Å². The molecule has 4 heterocycles. The zero-order valence-corrected chi connectivity index (χ0v) is 20.0. The van der Waals surface area contributed by atoms with Gasteiger partial charge in [-0.15, -0.1) is 11.3 Å². The summed E-state index contributed by atoms with van der Waals surface area (Å²) in [6.45, 7) is 1.76.